The Hall–Kier alpha value is -2.02. The molecule has 1 fully saturated rings. The van der Waals surface area contributed by atoms with Crippen molar-refractivity contribution in [1.82, 2.24) is 4.90 Å². The molecule has 2 rings (SSSR count). The molecule has 4 nitrogen and oxygen atoms in total. The molecular weight excluding hydrogens is 228 g/mol. The summed E-state index contributed by atoms with van der Waals surface area (Å²) >= 11 is 0. The fourth-order valence-electron chi connectivity index (χ4n) is 1.90. The minimum absolute atomic E-state index is 0.00824. The molecule has 0 atom stereocenters. The Morgan fingerprint density at radius 3 is 2.83 bits per heavy atom. The van der Waals surface area contributed by atoms with Crippen molar-refractivity contribution in [1.29, 1.82) is 5.26 Å². The standard InChI is InChI=1S/C14H16N2O2/c1-16(12-6-4-7-12)14(17)10-18-13-8-3-2-5-11(13)9-15/h2-3,5,8,12H,4,6-7,10H2,1H3. The van der Waals surface area contributed by atoms with Crippen molar-refractivity contribution in [3.05, 3.63) is 29.8 Å². The fourth-order valence-corrected chi connectivity index (χ4v) is 1.90. The van der Waals surface area contributed by atoms with Crippen molar-refractivity contribution >= 4 is 5.91 Å². The van der Waals surface area contributed by atoms with Gasteiger partial charge in [0.2, 0.25) is 0 Å². The average molecular weight is 244 g/mol. The monoisotopic (exact) mass is 244 g/mol. The summed E-state index contributed by atoms with van der Waals surface area (Å²) in [5.74, 6) is 0.433. The van der Waals surface area contributed by atoms with Crippen molar-refractivity contribution in [3.63, 3.8) is 0 Å². The lowest BCUT2D eigenvalue weighted by Gasteiger charge is -2.34. The smallest absolute Gasteiger partial charge is 0.260 e. The molecule has 0 saturated heterocycles. The molecule has 1 aliphatic rings. The SMILES string of the molecule is CN(C(=O)COc1ccccc1C#N)C1CCC1. The summed E-state index contributed by atoms with van der Waals surface area (Å²) < 4.78 is 5.42. The average Bonchev–Trinajstić information content (AvgIpc) is 2.34. The van der Waals surface area contributed by atoms with Gasteiger partial charge >= 0.3 is 0 Å². The zero-order valence-corrected chi connectivity index (χ0v) is 10.4. The Kier molecular flexibility index (Phi) is 3.83. The van der Waals surface area contributed by atoms with E-state index in [1.807, 2.05) is 13.1 Å². The van der Waals surface area contributed by atoms with E-state index >= 15 is 0 Å². The number of nitrogens with zero attached hydrogens (tertiary/aromatic N) is 2. The number of hydrogen-bond donors (Lipinski definition) is 0. The van der Waals surface area contributed by atoms with E-state index in [2.05, 4.69) is 0 Å². The highest BCUT2D eigenvalue weighted by molar-refractivity contribution is 5.78. The van der Waals surface area contributed by atoms with Gasteiger partial charge in [0, 0.05) is 13.1 Å². The summed E-state index contributed by atoms with van der Waals surface area (Å²) in [6.07, 6.45) is 3.36. The van der Waals surface area contributed by atoms with Crippen LogP contribution in [0.2, 0.25) is 0 Å². The van der Waals surface area contributed by atoms with Gasteiger partial charge in [-0.15, -0.1) is 0 Å². The second-order valence-corrected chi connectivity index (χ2v) is 4.49. The second kappa shape index (κ2) is 5.54. The van der Waals surface area contributed by atoms with E-state index in [1.165, 1.54) is 6.42 Å². The topological polar surface area (TPSA) is 53.3 Å². The fraction of sp³-hybridized carbons (Fsp3) is 0.429. The third-order valence-corrected chi connectivity index (χ3v) is 3.37. The number of carbonyl (C=O) groups excluding carboxylic acids is 1. The number of ether oxygens (including phenoxy) is 1. The highest BCUT2D eigenvalue weighted by Gasteiger charge is 2.25. The number of amides is 1. The molecule has 0 aliphatic heterocycles. The lowest BCUT2D eigenvalue weighted by atomic mass is 9.92. The van der Waals surface area contributed by atoms with E-state index in [9.17, 15) is 4.79 Å². The maximum absolute atomic E-state index is 11.9. The van der Waals surface area contributed by atoms with E-state index in [1.54, 1.807) is 29.2 Å². The predicted octanol–water partition coefficient (Wildman–Crippen LogP) is 1.95. The lowest BCUT2D eigenvalue weighted by molar-refractivity contribution is -0.135. The first-order chi connectivity index (χ1) is 8.72. The molecule has 0 unspecified atom stereocenters. The first-order valence-corrected chi connectivity index (χ1v) is 6.10. The summed E-state index contributed by atoms with van der Waals surface area (Å²) in [4.78, 5) is 13.6. The third-order valence-electron chi connectivity index (χ3n) is 3.37. The number of benzene rings is 1. The molecule has 0 radical (unpaired) electrons. The Bertz CT molecular complexity index is 475. The maximum atomic E-state index is 11.9. The van der Waals surface area contributed by atoms with Crippen molar-refractivity contribution in [2.45, 2.75) is 25.3 Å². The highest BCUT2D eigenvalue weighted by atomic mass is 16.5. The molecule has 0 bridgehead atoms. The van der Waals surface area contributed by atoms with Gasteiger partial charge in [0.1, 0.15) is 11.8 Å². The van der Waals surface area contributed by atoms with Crippen LogP contribution in [0.25, 0.3) is 0 Å². The highest BCUT2D eigenvalue weighted by Crippen LogP contribution is 2.23. The molecule has 1 aromatic rings. The predicted molar refractivity (Wildman–Crippen MR) is 67.1 cm³/mol. The van der Waals surface area contributed by atoms with Crippen molar-refractivity contribution in [2.24, 2.45) is 0 Å². The van der Waals surface area contributed by atoms with Crippen LogP contribution in [0.1, 0.15) is 24.8 Å². The summed E-state index contributed by atoms with van der Waals surface area (Å²) in [7, 11) is 1.81. The number of hydrogen-bond acceptors (Lipinski definition) is 3. The number of nitriles is 1. The summed E-state index contributed by atoms with van der Waals surface area (Å²) in [5.41, 5.74) is 0.455. The van der Waals surface area contributed by atoms with Crippen LogP contribution < -0.4 is 4.74 Å². The molecule has 4 heteroatoms. The molecule has 0 N–H and O–H groups in total. The third kappa shape index (κ3) is 2.62. The van der Waals surface area contributed by atoms with E-state index in [4.69, 9.17) is 10.00 Å². The van der Waals surface area contributed by atoms with Gasteiger partial charge in [-0.1, -0.05) is 12.1 Å². The molecule has 0 heterocycles. The summed E-state index contributed by atoms with van der Waals surface area (Å²) in [5, 5.41) is 8.90. The molecule has 0 aromatic heterocycles. The Balaban J connectivity index is 1.91. The van der Waals surface area contributed by atoms with Crippen LogP contribution >= 0.6 is 0 Å². The van der Waals surface area contributed by atoms with Gasteiger partial charge in [0.25, 0.3) is 5.91 Å². The van der Waals surface area contributed by atoms with E-state index in [0.717, 1.165) is 12.8 Å². The molecular formula is C14H16N2O2. The van der Waals surface area contributed by atoms with Crippen molar-refractivity contribution < 1.29 is 9.53 Å². The van der Waals surface area contributed by atoms with Gasteiger partial charge in [-0.2, -0.15) is 5.26 Å². The van der Waals surface area contributed by atoms with E-state index in [-0.39, 0.29) is 12.5 Å². The first-order valence-electron chi connectivity index (χ1n) is 6.10. The molecule has 1 amide bonds. The van der Waals surface area contributed by atoms with E-state index < -0.39 is 0 Å². The Morgan fingerprint density at radius 2 is 2.22 bits per heavy atom. The summed E-state index contributed by atoms with van der Waals surface area (Å²) in [6.45, 7) is -0.00824. The first kappa shape index (κ1) is 12.4. The Labute approximate surface area is 107 Å². The molecule has 1 aliphatic carbocycles. The molecule has 18 heavy (non-hydrogen) atoms. The zero-order chi connectivity index (χ0) is 13.0. The van der Waals surface area contributed by atoms with Crippen LogP contribution in [0.4, 0.5) is 0 Å². The minimum atomic E-state index is -0.0348. The quantitative estimate of drug-likeness (QED) is 0.813. The molecule has 0 spiro atoms. The van der Waals surface area contributed by atoms with Gasteiger partial charge < -0.3 is 9.64 Å². The van der Waals surface area contributed by atoms with Crippen LogP contribution in [-0.2, 0) is 4.79 Å². The maximum Gasteiger partial charge on any atom is 0.260 e. The number of likely N-dealkylation sites (N-methyl/N-ethyl adjacent to an activating group) is 1. The number of para-hydroxylation sites is 1. The van der Waals surface area contributed by atoms with Crippen LogP contribution in [-0.4, -0.2) is 30.5 Å². The lowest BCUT2D eigenvalue weighted by Crippen LogP contribution is -2.43. The minimum Gasteiger partial charge on any atom is -0.482 e. The Morgan fingerprint density at radius 1 is 1.50 bits per heavy atom. The summed E-state index contributed by atoms with van der Waals surface area (Å²) in [6, 6.07) is 9.35. The number of carbonyl (C=O) groups is 1. The van der Waals surface area contributed by atoms with Crippen LogP contribution in [0.15, 0.2) is 24.3 Å². The normalized spacial score (nSPS) is 14.4. The number of rotatable bonds is 4. The van der Waals surface area contributed by atoms with Crippen LogP contribution in [0.5, 0.6) is 5.75 Å². The van der Waals surface area contributed by atoms with Gasteiger partial charge in [-0.3, -0.25) is 4.79 Å². The molecule has 1 aromatic carbocycles. The van der Waals surface area contributed by atoms with Crippen LogP contribution in [0.3, 0.4) is 0 Å². The second-order valence-electron chi connectivity index (χ2n) is 4.49. The largest absolute Gasteiger partial charge is 0.482 e. The van der Waals surface area contributed by atoms with Gasteiger partial charge in [-0.25, -0.2) is 0 Å². The van der Waals surface area contributed by atoms with E-state index in [0.29, 0.717) is 17.4 Å². The van der Waals surface area contributed by atoms with Crippen LogP contribution in [0, 0.1) is 11.3 Å². The van der Waals surface area contributed by atoms with Gasteiger partial charge in [-0.05, 0) is 31.4 Å². The van der Waals surface area contributed by atoms with Crippen molar-refractivity contribution in [2.75, 3.05) is 13.7 Å². The van der Waals surface area contributed by atoms with Gasteiger partial charge in [0.05, 0.1) is 5.56 Å². The molecule has 1 saturated carbocycles. The van der Waals surface area contributed by atoms with Gasteiger partial charge in [0.15, 0.2) is 6.61 Å². The molecule has 94 valence electrons. The zero-order valence-electron chi connectivity index (χ0n) is 10.4. The van der Waals surface area contributed by atoms with Crippen molar-refractivity contribution in [3.8, 4) is 11.8 Å².